The fraction of sp³-hybridized carbons (Fsp3) is 0.615. The lowest BCUT2D eigenvalue weighted by atomic mass is 10.3. The minimum atomic E-state index is -0.579. The summed E-state index contributed by atoms with van der Waals surface area (Å²) in [4.78, 5) is 0. The third kappa shape index (κ3) is 10.6. The molecule has 0 bridgehead atoms. The molecule has 128 valence electrons. The van der Waals surface area contributed by atoms with Gasteiger partial charge in [0.15, 0.2) is 5.82 Å². The van der Waals surface area contributed by atoms with Gasteiger partial charge in [-0.2, -0.15) is 5.10 Å². The number of nitrogens with zero attached hydrogens (tertiary/aromatic N) is 3. The molecule has 1 heterocycles. The van der Waals surface area contributed by atoms with E-state index in [1.54, 1.807) is 12.1 Å². The van der Waals surface area contributed by atoms with Gasteiger partial charge in [-0.1, -0.05) is 13.8 Å². The van der Waals surface area contributed by atoms with Crippen molar-refractivity contribution in [3.05, 3.63) is 12.1 Å². The molecule has 3 N–H and O–H groups in total. The average molecular weight is 354 g/mol. The van der Waals surface area contributed by atoms with E-state index in [2.05, 4.69) is 26.0 Å². The first-order valence-electron chi connectivity index (χ1n) is 6.62. The SMILES string of the molecule is CC(C)=NNc1ccc(OCC(O)CNC(C)C)nn1.Cl.Cl. The number of hydrazone groups is 1. The Bertz CT molecular complexity index is 425. The van der Waals surface area contributed by atoms with Gasteiger partial charge in [0.2, 0.25) is 5.88 Å². The van der Waals surface area contributed by atoms with Crippen LogP contribution in [-0.4, -0.2) is 46.3 Å². The van der Waals surface area contributed by atoms with E-state index in [0.29, 0.717) is 24.3 Å². The van der Waals surface area contributed by atoms with Crippen molar-refractivity contribution < 1.29 is 9.84 Å². The lowest BCUT2D eigenvalue weighted by molar-refractivity contribution is 0.101. The Morgan fingerprint density at radius 2 is 1.95 bits per heavy atom. The van der Waals surface area contributed by atoms with Crippen LogP contribution in [0.1, 0.15) is 27.7 Å². The number of nitrogens with one attached hydrogen (secondary N) is 2. The molecule has 0 spiro atoms. The Hall–Kier alpha value is -1.15. The molecule has 1 aromatic rings. The molecule has 0 aliphatic carbocycles. The molecule has 0 fully saturated rings. The van der Waals surface area contributed by atoms with Crippen molar-refractivity contribution in [2.75, 3.05) is 18.6 Å². The zero-order chi connectivity index (χ0) is 15.0. The fourth-order valence-electron chi connectivity index (χ4n) is 1.24. The van der Waals surface area contributed by atoms with Crippen molar-refractivity contribution in [3.63, 3.8) is 0 Å². The zero-order valence-corrected chi connectivity index (χ0v) is 14.9. The Morgan fingerprint density at radius 3 is 2.45 bits per heavy atom. The van der Waals surface area contributed by atoms with Crippen LogP contribution in [0.4, 0.5) is 5.82 Å². The second-order valence-corrected chi connectivity index (χ2v) is 4.96. The third-order valence-electron chi connectivity index (χ3n) is 2.22. The number of halogens is 2. The summed E-state index contributed by atoms with van der Waals surface area (Å²) in [5.74, 6) is 0.914. The largest absolute Gasteiger partial charge is 0.474 e. The first-order chi connectivity index (χ1) is 9.47. The first-order valence-corrected chi connectivity index (χ1v) is 6.62. The lowest BCUT2D eigenvalue weighted by Crippen LogP contribution is -2.35. The third-order valence-corrected chi connectivity index (χ3v) is 2.22. The van der Waals surface area contributed by atoms with Crippen molar-refractivity contribution in [1.29, 1.82) is 0 Å². The molecule has 0 amide bonds. The number of aliphatic hydroxyl groups excluding tert-OH is 1. The Morgan fingerprint density at radius 1 is 1.27 bits per heavy atom. The number of aromatic nitrogens is 2. The van der Waals surface area contributed by atoms with Gasteiger partial charge in [-0.05, 0) is 19.9 Å². The number of hydrogen-bond donors (Lipinski definition) is 3. The van der Waals surface area contributed by atoms with Crippen LogP contribution in [0.2, 0.25) is 0 Å². The number of anilines is 1. The standard InChI is InChI=1S/C13H23N5O2.2ClH/c1-9(2)14-7-11(19)8-20-13-6-5-12(17-18-13)16-15-10(3)4;;/h5-6,9,11,14,19H,7-8H2,1-4H3,(H,16,17);2*1H. The molecular formula is C13H25Cl2N5O2. The summed E-state index contributed by atoms with van der Waals surface area (Å²) in [5, 5.41) is 24.6. The zero-order valence-electron chi connectivity index (χ0n) is 13.2. The van der Waals surface area contributed by atoms with Crippen LogP contribution < -0.4 is 15.5 Å². The van der Waals surface area contributed by atoms with E-state index in [1.807, 2.05) is 27.7 Å². The summed E-state index contributed by atoms with van der Waals surface area (Å²) in [5.41, 5.74) is 3.66. The Balaban J connectivity index is 0. The smallest absolute Gasteiger partial charge is 0.233 e. The van der Waals surface area contributed by atoms with Gasteiger partial charge in [0.1, 0.15) is 12.7 Å². The van der Waals surface area contributed by atoms with Crippen molar-refractivity contribution in [3.8, 4) is 5.88 Å². The number of rotatable bonds is 8. The van der Waals surface area contributed by atoms with Crippen molar-refractivity contribution in [2.24, 2.45) is 5.10 Å². The maximum Gasteiger partial charge on any atom is 0.233 e. The Labute approximate surface area is 143 Å². The predicted octanol–water partition coefficient (Wildman–Crippen LogP) is 1.87. The summed E-state index contributed by atoms with van der Waals surface area (Å²) in [6.45, 7) is 8.45. The molecule has 1 atom stereocenters. The average Bonchev–Trinajstić information content (AvgIpc) is 2.41. The van der Waals surface area contributed by atoms with Crippen molar-refractivity contribution in [1.82, 2.24) is 15.5 Å². The highest BCUT2D eigenvalue weighted by molar-refractivity contribution is 5.85. The lowest BCUT2D eigenvalue weighted by Gasteiger charge is -2.14. The molecule has 7 nitrogen and oxygen atoms in total. The summed E-state index contributed by atoms with van der Waals surface area (Å²) >= 11 is 0. The molecule has 1 rings (SSSR count). The monoisotopic (exact) mass is 353 g/mol. The van der Waals surface area contributed by atoms with E-state index in [4.69, 9.17) is 4.74 Å². The first kappa shape index (κ1) is 23.1. The van der Waals surface area contributed by atoms with Crippen LogP contribution in [0, 0.1) is 0 Å². The summed E-state index contributed by atoms with van der Waals surface area (Å²) in [6, 6.07) is 3.73. The van der Waals surface area contributed by atoms with E-state index < -0.39 is 6.10 Å². The van der Waals surface area contributed by atoms with Gasteiger partial charge in [-0.15, -0.1) is 35.0 Å². The molecule has 0 saturated carbocycles. The molecule has 1 aromatic heterocycles. The van der Waals surface area contributed by atoms with Crippen LogP contribution in [0.5, 0.6) is 5.88 Å². The number of aliphatic hydroxyl groups is 1. The minimum absolute atomic E-state index is 0. The van der Waals surface area contributed by atoms with Crippen LogP contribution >= 0.6 is 24.8 Å². The molecular weight excluding hydrogens is 329 g/mol. The molecule has 0 radical (unpaired) electrons. The maximum atomic E-state index is 9.69. The summed E-state index contributed by atoms with van der Waals surface area (Å²) < 4.78 is 5.35. The van der Waals surface area contributed by atoms with E-state index in [0.717, 1.165) is 5.71 Å². The number of hydrogen-bond acceptors (Lipinski definition) is 7. The molecule has 0 saturated heterocycles. The van der Waals surface area contributed by atoms with E-state index in [1.165, 1.54) is 0 Å². The van der Waals surface area contributed by atoms with E-state index in [-0.39, 0.29) is 31.4 Å². The predicted molar refractivity (Wildman–Crippen MR) is 93.6 cm³/mol. The molecule has 1 unspecified atom stereocenters. The quantitative estimate of drug-likeness (QED) is 0.488. The second-order valence-electron chi connectivity index (χ2n) is 4.96. The molecule has 0 aromatic carbocycles. The van der Waals surface area contributed by atoms with Gasteiger partial charge in [-0.25, -0.2) is 0 Å². The van der Waals surface area contributed by atoms with Gasteiger partial charge in [0, 0.05) is 24.4 Å². The van der Waals surface area contributed by atoms with E-state index >= 15 is 0 Å². The molecule has 0 aliphatic rings. The van der Waals surface area contributed by atoms with Crippen LogP contribution in [0.15, 0.2) is 17.2 Å². The number of ether oxygens (including phenoxy) is 1. The minimum Gasteiger partial charge on any atom is -0.474 e. The fourth-order valence-corrected chi connectivity index (χ4v) is 1.24. The molecule has 22 heavy (non-hydrogen) atoms. The van der Waals surface area contributed by atoms with Crippen LogP contribution in [0.3, 0.4) is 0 Å². The molecule has 0 aliphatic heterocycles. The van der Waals surface area contributed by atoms with Gasteiger partial charge < -0.3 is 15.2 Å². The van der Waals surface area contributed by atoms with Crippen LogP contribution in [0.25, 0.3) is 0 Å². The topological polar surface area (TPSA) is 91.7 Å². The maximum absolute atomic E-state index is 9.69. The highest BCUT2D eigenvalue weighted by atomic mass is 35.5. The van der Waals surface area contributed by atoms with Crippen LogP contribution in [-0.2, 0) is 0 Å². The van der Waals surface area contributed by atoms with Gasteiger partial charge in [0.25, 0.3) is 0 Å². The highest BCUT2D eigenvalue weighted by Crippen LogP contribution is 2.08. The normalized spacial score (nSPS) is 11.0. The summed E-state index contributed by atoms with van der Waals surface area (Å²) in [7, 11) is 0. The molecule has 9 heteroatoms. The van der Waals surface area contributed by atoms with Gasteiger partial charge in [-0.3, -0.25) is 5.43 Å². The van der Waals surface area contributed by atoms with Gasteiger partial charge in [0.05, 0.1) is 0 Å². The van der Waals surface area contributed by atoms with Gasteiger partial charge >= 0.3 is 0 Å². The second kappa shape index (κ2) is 12.4. The Kier molecular flexibility index (Phi) is 13.0. The van der Waals surface area contributed by atoms with E-state index in [9.17, 15) is 5.11 Å². The summed E-state index contributed by atoms with van der Waals surface area (Å²) in [6.07, 6.45) is -0.579. The van der Waals surface area contributed by atoms with Crippen molar-refractivity contribution in [2.45, 2.75) is 39.8 Å². The van der Waals surface area contributed by atoms with Crippen molar-refractivity contribution >= 4 is 36.3 Å². The highest BCUT2D eigenvalue weighted by Gasteiger charge is 2.06.